The Kier molecular flexibility index (Phi) is 16.6. The Balaban J connectivity index is 2.08. The lowest BCUT2D eigenvalue weighted by atomic mass is 10.0. The van der Waals surface area contributed by atoms with Gasteiger partial charge in [0, 0.05) is 13.7 Å². The predicted molar refractivity (Wildman–Crippen MR) is 108 cm³/mol. The quantitative estimate of drug-likeness (QED) is 0.296. The van der Waals surface area contributed by atoms with Crippen molar-refractivity contribution in [3.63, 3.8) is 0 Å². The van der Waals surface area contributed by atoms with Crippen LogP contribution in [0.1, 0.15) is 116 Å². The van der Waals surface area contributed by atoms with Crippen LogP contribution < -0.4 is 0 Å². The molecular weight excluding hydrogens is 308 g/mol. The van der Waals surface area contributed by atoms with Crippen molar-refractivity contribution in [1.82, 2.24) is 0 Å². The highest BCUT2D eigenvalue weighted by molar-refractivity contribution is 4.66. The molecule has 1 rings (SSSR count). The monoisotopic (exact) mass is 352 g/mol. The lowest BCUT2D eigenvalue weighted by Crippen LogP contribution is -2.04. The number of azo groups is 1. The van der Waals surface area contributed by atoms with Crippen LogP contribution in [0.3, 0.4) is 0 Å². The molecule has 1 saturated carbocycles. The molecule has 0 heterocycles. The fraction of sp³-hybridized carbons (Fsp3) is 1.00. The van der Waals surface area contributed by atoms with Gasteiger partial charge in [-0.25, -0.2) is 0 Å². The average molecular weight is 353 g/mol. The minimum Gasteiger partial charge on any atom is -0.385 e. The van der Waals surface area contributed by atoms with Gasteiger partial charge in [-0.15, -0.1) is 0 Å². The standard InChI is InChI=1S/C22H44N2O/c1-25-21-17-13-9-8-12-16-20-23-24-22-18-14-10-6-4-2-3-5-7-11-15-19-22/h22H,2-21H2,1H3. The lowest BCUT2D eigenvalue weighted by molar-refractivity contribution is 0.192. The van der Waals surface area contributed by atoms with Gasteiger partial charge < -0.3 is 4.74 Å². The number of nitrogens with zero attached hydrogens (tertiary/aromatic N) is 2. The molecule has 0 radical (unpaired) electrons. The van der Waals surface area contributed by atoms with E-state index in [9.17, 15) is 0 Å². The van der Waals surface area contributed by atoms with E-state index in [2.05, 4.69) is 5.11 Å². The predicted octanol–water partition coefficient (Wildman–Crippen LogP) is 7.49. The van der Waals surface area contributed by atoms with Crippen molar-refractivity contribution in [2.75, 3.05) is 20.3 Å². The highest BCUT2D eigenvalue weighted by Gasteiger charge is 2.07. The van der Waals surface area contributed by atoms with Gasteiger partial charge >= 0.3 is 0 Å². The van der Waals surface area contributed by atoms with Gasteiger partial charge in [-0.05, 0) is 25.7 Å². The van der Waals surface area contributed by atoms with E-state index in [0.717, 1.165) is 13.2 Å². The molecule has 0 aromatic heterocycles. The van der Waals surface area contributed by atoms with Gasteiger partial charge in [-0.3, -0.25) is 0 Å². The van der Waals surface area contributed by atoms with Crippen molar-refractivity contribution in [2.24, 2.45) is 10.2 Å². The van der Waals surface area contributed by atoms with Gasteiger partial charge in [0.2, 0.25) is 0 Å². The Morgan fingerprint density at radius 2 is 1.12 bits per heavy atom. The third-order valence-electron chi connectivity index (χ3n) is 5.43. The number of unbranched alkanes of at least 4 members (excludes halogenated alkanes) is 5. The molecule has 0 spiro atoms. The van der Waals surface area contributed by atoms with Crippen LogP contribution in [0.25, 0.3) is 0 Å². The zero-order chi connectivity index (χ0) is 17.8. The summed E-state index contributed by atoms with van der Waals surface area (Å²) in [6.45, 7) is 1.85. The van der Waals surface area contributed by atoms with Crippen molar-refractivity contribution in [3.8, 4) is 0 Å². The smallest absolute Gasteiger partial charge is 0.0708 e. The Bertz CT molecular complexity index is 280. The van der Waals surface area contributed by atoms with Crippen LogP contribution in [0.5, 0.6) is 0 Å². The number of hydrogen-bond acceptors (Lipinski definition) is 3. The Morgan fingerprint density at radius 1 is 0.640 bits per heavy atom. The largest absolute Gasteiger partial charge is 0.385 e. The van der Waals surface area contributed by atoms with E-state index in [1.165, 1.54) is 116 Å². The molecule has 0 amide bonds. The summed E-state index contributed by atoms with van der Waals surface area (Å²) in [7, 11) is 1.79. The van der Waals surface area contributed by atoms with Crippen LogP contribution >= 0.6 is 0 Å². The molecule has 25 heavy (non-hydrogen) atoms. The SMILES string of the molecule is COCCCCCCCCN=NC1CCCCCCCCCCCC1. The van der Waals surface area contributed by atoms with Crippen LogP contribution in [0.4, 0.5) is 0 Å². The minimum atomic E-state index is 0.509. The molecule has 3 nitrogen and oxygen atoms in total. The summed E-state index contributed by atoms with van der Waals surface area (Å²) in [6.07, 6.45) is 24.4. The van der Waals surface area contributed by atoms with Gasteiger partial charge in [-0.2, -0.15) is 10.2 Å². The Hall–Kier alpha value is -0.440. The van der Waals surface area contributed by atoms with Gasteiger partial charge in [-0.1, -0.05) is 89.9 Å². The minimum absolute atomic E-state index is 0.509. The third-order valence-corrected chi connectivity index (χ3v) is 5.43. The molecule has 0 bridgehead atoms. The fourth-order valence-corrected chi connectivity index (χ4v) is 3.74. The fourth-order valence-electron chi connectivity index (χ4n) is 3.74. The molecule has 1 aliphatic rings. The second kappa shape index (κ2) is 18.4. The maximum atomic E-state index is 5.08. The van der Waals surface area contributed by atoms with E-state index in [-0.39, 0.29) is 0 Å². The normalized spacial score (nSPS) is 19.4. The zero-order valence-corrected chi connectivity index (χ0v) is 17.0. The lowest BCUT2D eigenvalue weighted by Gasteiger charge is -2.11. The zero-order valence-electron chi connectivity index (χ0n) is 17.0. The summed E-state index contributed by atoms with van der Waals surface area (Å²) in [5.74, 6) is 0. The van der Waals surface area contributed by atoms with Crippen molar-refractivity contribution in [1.29, 1.82) is 0 Å². The summed E-state index contributed by atoms with van der Waals surface area (Å²) in [4.78, 5) is 0. The van der Waals surface area contributed by atoms with Crippen molar-refractivity contribution >= 4 is 0 Å². The van der Waals surface area contributed by atoms with Gasteiger partial charge in [0.15, 0.2) is 0 Å². The van der Waals surface area contributed by atoms with E-state index in [1.54, 1.807) is 7.11 Å². The first-order valence-electron chi connectivity index (χ1n) is 11.3. The molecule has 0 saturated heterocycles. The second-order valence-corrected chi connectivity index (χ2v) is 7.86. The molecule has 0 aliphatic heterocycles. The molecule has 1 aliphatic carbocycles. The molecule has 0 atom stereocenters. The average Bonchev–Trinajstić information content (AvgIpc) is 2.65. The Labute approximate surface area is 157 Å². The number of rotatable bonds is 10. The first kappa shape index (κ1) is 22.6. The van der Waals surface area contributed by atoms with Gasteiger partial charge in [0.25, 0.3) is 0 Å². The Morgan fingerprint density at radius 3 is 1.68 bits per heavy atom. The van der Waals surface area contributed by atoms with E-state index >= 15 is 0 Å². The maximum Gasteiger partial charge on any atom is 0.0708 e. The molecule has 3 heteroatoms. The van der Waals surface area contributed by atoms with Gasteiger partial charge in [0.1, 0.15) is 0 Å². The summed E-state index contributed by atoms with van der Waals surface area (Å²) in [5.41, 5.74) is 0. The first-order valence-corrected chi connectivity index (χ1v) is 11.3. The van der Waals surface area contributed by atoms with E-state index < -0.39 is 0 Å². The van der Waals surface area contributed by atoms with E-state index in [4.69, 9.17) is 9.85 Å². The molecule has 0 aromatic rings. The van der Waals surface area contributed by atoms with Crippen molar-refractivity contribution in [2.45, 2.75) is 122 Å². The number of hydrogen-bond donors (Lipinski definition) is 0. The van der Waals surface area contributed by atoms with Gasteiger partial charge in [0.05, 0.1) is 12.6 Å². The van der Waals surface area contributed by atoms with Crippen LogP contribution in [-0.4, -0.2) is 26.3 Å². The highest BCUT2D eigenvalue weighted by atomic mass is 16.5. The summed E-state index contributed by atoms with van der Waals surface area (Å²) in [6, 6.07) is 0.509. The van der Waals surface area contributed by atoms with E-state index in [1.807, 2.05) is 0 Å². The van der Waals surface area contributed by atoms with Crippen LogP contribution in [-0.2, 0) is 4.74 Å². The molecule has 148 valence electrons. The molecule has 0 N–H and O–H groups in total. The first-order chi connectivity index (χ1) is 12.4. The molecule has 1 fully saturated rings. The second-order valence-electron chi connectivity index (χ2n) is 7.86. The summed E-state index contributed by atoms with van der Waals surface area (Å²) in [5, 5.41) is 9.24. The summed E-state index contributed by atoms with van der Waals surface area (Å²) >= 11 is 0. The highest BCUT2D eigenvalue weighted by Crippen LogP contribution is 2.19. The van der Waals surface area contributed by atoms with Crippen molar-refractivity contribution in [3.05, 3.63) is 0 Å². The third kappa shape index (κ3) is 15.5. The molecular formula is C22H44N2O. The van der Waals surface area contributed by atoms with Crippen LogP contribution in [0, 0.1) is 0 Å². The number of ether oxygens (including phenoxy) is 1. The molecule has 0 aromatic carbocycles. The molecule has 0 unspecified atom stereocenters. The van der Waals surface area contributed by atoms with E-state index in [0.29, 0.717) is 6.04 Å². The summed E-state index contributed by atoms with van der Waals surface area (Å²) < 4.78 is 5.08. The number of methoxy groups -OCH3 is 1. The van der Waals surface area contributed by atoms with Crippen molar-refractivity contribution < 1.29 is 4.74 Å². The topological polar surface area (TPSA) is 34.0 Å². The van der Waals surface area contributed by atoms with Crippen LogP contribution in [0.2, 0.25) is 0 Å². The van der Waals surface area contributed by atoms with Crippen LogP contribution in [0.15, 0.2) is 10.2 Å². The maximum absolute atomic E-state index is 5.08.